The van der Waals surface area contributed by atoms with Gasteiger partial charge in [-0.1, -0.05) is 11.6 Å². The zero-order valence-electron chi connectivity index (χ0n) is 7.58. The quantitative estimate of drug-likeness (QED) is 0.592. The zero-order valence-corrected chi connectivity index (χ0v) is 7.58. The van der Waals surface area contributed by atoms with Crippen molar-refractivity contribution in [3.05, 3.63) is 35.1 Å². The highest BCUT2D eigenvalue weighted by Gasteiger charge is 2.14. The van der Waals surface area contributed by atoms with E-state index >= 15 is 0 Å². The van der Waals surface area contributed by atoms with E-state index in [0.717, 1.165) is 11.6 Å². The molecule has 0 radical (unpaired) electrons. The Bertz CT molecular complexity index is 385. The predicted molar refractivity (Wildman–Crippen MR) is 47.7 cm³/mol. The van der Waals surface area contributed by atoms with Gasteiger partial charge in [-0.15, -0.1) is 0 Å². The van der Waals surface area contributed by atoms with Crippen molar-refractivity contribution < 1.29 is 19.1 Å². The Kier molecular flexibility index (Phi) is 2.96. The first-order valence-electron chi connectivity index (χ1n) is 4.02. The Morgan fingerprint density at radius 3 is 2.64 bits per heavy atom. The molecule has 74 valence electrons. The van der Waals surface area contributed by atoms with Crippen LogP contribution in [0, 0.1) is 12.7 Å². The summed E-state index contributed by atoms with van der Waals surface area (Å²) in [5, 5.41) is 8.36. The lowest BCUT2D eigenvalue weighted by Crippen LogP contribution is -2.09. The predicted octanol–water partition coefficient (Wildman–Crippen LogP) is 1.79. The first-order valence-corrected chi connectivity index (χ1v) is 4.02. The number of aryl methyl sites for hydroxylation is 1. The number of carbonyl (C=O) groups is 2. The molecule has 0 bridgehead atoms. The first kappa shape index (κ1) is 10.4. The summed E-state index contributed by atoms with van der Waals surface area (Å²) in [5.74, 6) is -2.64. The molecule has 0 atom stereocenters. The summed E-state index contributed by atoms with van der Waals surface area (Å²) in [4.78, 5) is 21.4. The molecule has 1 aromatic rings. The topological polar surface area (TPSA) is 54.4 Å². The second-order valence-corrected chi connectivity index (χ2v) is 2.98. The summed E-state index contributed by atoms with van der Waals surface area (Å²) in [7, 11) is 0. The minimum Gasteiger partial charge on any atom is -0.481 e. The van der Waals surface area contributed by atoms with Crippen LogP contribution in [0.3, 0.4) is 0 Å². The van der Waals surface area contributed by atoms with E-state index in [0.29, 0.717) is 0 Å². The Labute approximate surface area is 80.2 Å². The van der Waals surface area contributed by atoms with Crippen LogP contribution in [0.1, 0.15) is 22.3 Å². The maximum Gasteiger partial charge on any atom is 0.311 e. The molecule has 4 heteroatoms. The van der Waals surface area contributed by atoms with E-state index in [2.05, 4.69) is 0 Å². The van der Waals surface area contributed by atoms with Crippen molar-refractivity contribution in [1.29, 1.82) is 0 Å². The number of carboxylic acids is 1. The molecule has 0 heterocycles. The van der Waals surface area contributed by atoms with Crippen LogP contribution in [0.4, 0.5) is 4.39 Å². The second-order valence-electron chi connectivity index (χ2n) is 2.98. The number of hydrogen-bond acceptors (Lipinski definition) is 2. The molecule has 0 spiro atoms. The molecule has 0 amide bonds. The minimum atomic E-state index is -1.25. The molecule has 0 saturated heterocycles. The van der Waals surface area contributed by atoms with Crippen molar-refractivity contribution in [2.75, 3.05) is 0 Å². The molecular formula is C10H9FO3. The van der Waals surface area contributed by atoms with Gasteiger partial charge in [-0.25, -0.2) is 4.39 Å². The van der Waals surface area contributed by atoms with E-state index in [1.807, 2.05) is 0 Å². The third kappa shape index (κ3) is 2.39. The van der Waals surface area contributed by atoms with Crippen LogP contribution in [0.2, 0.25) is 0 Å². The number of aliphatic carboxylic acids is 1. The lowest BCUT2D eigenvalue weighted by Gasteiger charge is -2.01. The maximum atomic E-state index is 13.1. The van der Waals surface area contributed by atoms with Gasteiger partial charge in [0.05, 0.1) is 5.56 Å². The van der Waals surface area contributed by atoms with Gasteiger partial charge >= 0.3 is 5.97 Å². The number of ketones is 1. The summed E-state index contributed by atoms with van der Waals surface area (Å²) in [6.07, 6.45) is -0.680. The van der Waals surface area contributed by atoms with Gasteiger partial charge in [-0.05, 0) is 19.1 Å². The SMILES string of the molecule is Cc1ccc(F)c(C(=O)CC(=O)O)c1. The second kappa shape index (κ2) is 4.00. The molecule has 0 aliphatic carbocycles. The molecule has 0 aliphatic heterocycles. The molecule has 1 rings (SSSR count). The van der Waals surface area contributed by atoms with Crippen molar-refractivity contribution in [2.24, 2.45) is 0 Å². The van der Waals surface area contributed by atoms with Gasteiger partial charge in [-0.3, -0.25) is 9.59 Å². The monoisotopic (exact) mass is 196 g/mol. The lowest BCUT2D eigenvalue weighted by molar-refractivity contribution is -0.135. The number of hydrogen-bond donors (Lipinski definition) is 1. The number of benzene rings is 1. The van der Waals surface area contributed by atoms with Crippen LogP contribution in [0.25, 0.3) is 0 Å². The third-order valence-corrected chi connectivity index (χ3v) is 1.73. The Hall–Kier alpha value is -1.71. The van der Waals surface area contributed by atoms with Crippen molar-refractivity contribution >= 4 is 11.8 Å². The molecule has 0 fully saturated rings. The van der Waals surface area contributed by atoms with Gasteiger partial charge in [0.15, 0.2) is 5.78 Å². The molecule has 3 nitrogen and oxygen atoms in total. The highest BCUT2D eigenvalue weighted by atomic mass is 19.1. The Balaban J connectivity index is 3.00. The summed E-state index contributed by atoms with van der Waals surface area (Å²) in [6.45, 7) is 1.71. The van der Waals surface area contributed by atoms with Crippen LogP contribution >= 0.6 is 0 Å². The van der Waals surface area contributed by atoms with E-state index in [-0.39, 0.29) is 5.56 Å². The fourth-order valence-corrected chi connectivity index (χ4v) is 1.09. The number of halogens is 1. The smallest absolute Gasteiger partial charge is 0.311 e. The number of carboxylic acid groups (broad SMARTS) is 1. The summed E-state index contributed by atoms with van der Waals surface area (Å²) >= 11 is 0. The molecule has 0 saturated carbocycles. The Morgan fingerprint density at radius 1 is 1.43 bits per heavy atom. The lowest BCUT2D eigenvalue weighted by atomic mass is 10.1. The largest absolute Gasteiger partial charge is 0.481 e. The van der Waals surface area contributed by atoms with Crippen LogP contribution < -0.4 is 0 Å². The molecule has 14 heavy (non-hydrogen) atoms. The van der Waals surface area contributed by atoms with Crippen molar-refractivity contribution in [3.8, 4) is 0 Å². The number of Topliss-reactive ketones (excluding diaryl/α,β-unsaturated/α-hetero) is 1. The van der Waals surface area contributed by atoms with Gasteiger partial charge in [0.2, 0.25) is 0 Å². The van der Waals surface area contributed by atoms with E-state index in [1.165, 1.54) is 12.1 Å². The van der Waals surface area contributed by atoms with E-state index in [4.69, 9.17) is 5.11 Å². The van der Waals surface area contributed by atoms with Gasteiger partial charge in [0.1, 0.15) is 12.2 Å². The summed E-state index contributed by atoms with van der Waals surface area (Å²) < 4.78 is 13.1. The van der Waals surface area contributed by atoms with Crippen LogP contribution in [-0.4, -0.2) is 16.9 Å². The zero-order chi connectivity index (χ0) is 10.7. The minimum absolute atomic E-state index is 0.160. The molecule has 0 aliphatic rings. The van der Waals surface area contributed by atoms with Crippen molar-refractivity contribution in [2.45, 2.75) is 13.3 Å². The van der Waals surface area contributed by atoms with E-state index < -0.39 is 24.0 Å². The maximum absolute atomic E-state index is 13.1. The summed E-state index contributed by atoms with van der Waals surface area (Å²) in [5.41, 5.74) is 0.563. The highest BCUT2D eigenvalue weighted by molar-refractivity contribution is 6.05. The normalized spacial score (nSPS) is 9.86. The van der Waals surface area contributed by atoms with Crippen LogP contribution in [0.5, 0.6) is 0 Å². The van der Waals surface area contributed by atoms with Gasteiger partial charge < -0.3 is 5.11 Å². The van der Waals surface area contributed by atoms with Crippen LogP contribution in [0.15, 0.2) is 18.2 Å². The molecule has 0 aromatic heterocycles. The molecule has 1 N–H and O–H groups in total. The molecular weight excluding hydrogens is 187 g/mol. The van der Waals surface area contributed by atoms with Gasteiger partial charge in [0.25, 0.3) is 0 Å². The van der Waals surface area contributed by atoms with Crippen molar-refractivity contribution in [3.63, 3.8) is 0 Å². The Morgan fingerprint density at radius 2 is 2.07 bits per heavy atom. The average Bonchev–Trinajstić information content (AvgIpc) is 2.08. The van der Waals surface area contributed by atoms with E-state index in [9.17, 15) is 14.0 Å². The average molecular weight is 196 g/mol. The standard InChI is InChI=1S/C10H9FO3/c1-6-2-3-8(11)7(4-6)9(12)5-10(13)14/h2-4H,5H2,1H3,(H,13,14). The summed E-state index contributed by atoms with van der Waals surface area (Å²) in [6, 6.07) is 4.03. The van der Waals surface area contributed by atoms with Crippen molar-refractivity contribution in [1.82, 2.24) is 0 Å². The third-order valence-electron chi connectivity index (χ3n) is 1.73. The van der Waals surface area contributed by atoms with Gasteiger partial charge in [0, 0.05) is 0 Å². The van der Waals surface area contributed by atoms with Crippen LogP contribution in [-0.2, 0) is 4.79 Å². The van der Waals surface area contributed by atoms with Gasteiger partial charge in [-0.2, -0.15) is 0 Å². The number of rotatable bonds is 3. The fourth-order valence-electron chi connectivity index (χ4n) is 1.09. The molecule has 0 unspecified atom stereocenters. The first-order chi connectivity index (χ1) is 6.50. The van der Waals surface area contributed by atoms with E-state index in [1.54, 1.807) is 6.92 Å². The molecule has 1 aromatic carbocycles. The highest BCUT2D eigenvalue weighted by Crippen LogP contribution is 2.12. The number of carbonyl (C=O) groups excluding carboxylic acids is 1. The fraction of sp³-hybridized carbons (Fsp3) is 0.200.